The molecule has 0 radical (unpaired) electrons. The highest BCUT2D eigenvalue weighted by Gasteiger charge is 2.29. The van der Waals surface area contributed by atoms with Crippen molar-refractivity contribution in [3.63, 3.8) is 0 Å². The largest absolute Gasteiger partial charge is 0.396 e. The van der Waals surface area contributed by atoms with Gasteiger partial charge in [0.15, 0.2) is 5.69 Å². The zero-order valence-corrected chi connectivity index (χ0v) is 21.5. The van der Waals surface area contributed by atoms with Crippen molar-refractivity contribution >= 4 is 39.8 Å². The van der Waals surface area contributed by atoms with Gasteiger partial charge < -0.3 is 10.0 Å². The summed E-state index contributed by atoms with van der Waals surface area (Å²) in [5.41, 5.74) is 3.42. The molecule has 0 spiro atoms. The van der Waals surface area contributed by atoms with E-state index in [9.17, 15) is 10.4 Å². The van der Waals surface area contributed by atoms with E-state index in [2.05, 4.69) is 33.1 Å². The Hall–Kier alpha value is -2.30. The minimum Gasteiger partial charge on any atom is -0.396 e. The van der Waals surface area contributed by atoms with Gasteiger partial charge in [0.05, 0.1) is 11.6 Å². The highest BCUT2D eigenvalue weighted by atomic mass is 35.5. The molecule has 2 unspecified atom stereocenters. The fourth-order valence-electron chi connectivity index (χ4n) is 5.74. The van der Waals surface area contributed by atoms with Gasteiger partial charge in [-0.05, 0) is 81.0 Å². The van der Waals surface area contributed by atoms with Crippen LogP contribution in [0.4, 0.5) is 5.69 Å². The average Bonchev–Trinajstić information content (AvgIpc) is 3.26. The van der Waals surface area contributed by atoms with E-state index in [0.717, 1.165) is 67.6 Å². The maximum atomic E-state index is 9.70. The first-order valence-corrected chi connectivity index (χ1v) is 13.2. The molecule has 2 aliphatic heterocycles. The summed E-state index contributed by atoms with van der Waals surface area (Å²) >= 11 is 12.6. The lowest BCUT2D eigenvalue weighted by atomic mass is 9.94. The quantitative estimate of drug-likeness (QED) is 0.489. The Labute approximate surface area is 216 Å². The smallest absolute Gasteiger partial charge is 0.170 e. The van der Waals surface area contributed by atoms with E-state index in [4.69, 9.17) is 23.2 Å². The average molecular weight is 512 g/mol. The zero-order chi connectivity index (χ0) is 24.5. The number of fused-ring (bicyclic) bond motifs is 1. The fraction of sp³-hybridized carbons (Fsp3) is 0.481. The molecule has 2 fully saturated rings. The number of anilines is 1. The van der Waals surface area contributed by atoms with Crippen LogP contribution < -0.4 is 4.90 Å². The SMILES string of the molecule is CC(c1ccc(Cl)cc1Cl)n1nc(C#N)c2ccc(N3CCC(N4CCCC(CO)C4)CC3)cc21. The Balaban J connectivity index is 1.38. The number of aliphatic hydroxyl groups excluding tert-OH is 1. The van der Waals surface area contributed by atoms with E-state index in [1.165, 1.54) is 6.42 Å². The molecular formula is C27H31Cl2N5O. The summed E-state index contributed by atoms with van der Waals surface area (Å²) < 4.78 is 1.90. The second kappa shape index (κ2) is 10.4. The van der Waals surface area contributed by atoms with Gasteiger partial charge in [-0.2, -0.15) is 10.4 Å². The summed E-state index contributed by atoms with van der Waals surface area (Å²) in [4.78, 5) is 5.03. The zero-order valence-electron chi connectivity index (χ0n) is 20.0. The molecule has 1 aromatic heterocycles. The number of rotatable bonds is 5. The molecule has 184 valence electrons. The Morgan fingerprint density at radius 2 is 1.91 bits per heavy atom. The lowest BCUT2D eigenvalue weighted by Crippen LogP contribution is -2.49. The number of hydrogen-bond acceptors (Lipinski definition) is 5. The van der Waals surface area contributed by atoms with Crippen LogP contribution in [-0.2, 0) is 0 Å². The van der Waals surface area contributed by atoms with Crippen molar-refractivity contribution in [2.75, 3.05) is 37.7 Å². The van der Waals surface area contributed by atoms with Gasteiger partial charge in [-0.25, -0.2) is 0 Å². The number of aromatic nitrogens is 2. The molecule has 8 heteroatoms. The Kier molecular flexibility index (Phi) is 7.22. The van der Waals surface area contributed by atoms with E-state index in [1.54, 1.807) is 6.07 Å². The number of nitriles is 1. The fourth-order valence-corrected chi connectivity index (χ4v) is 6.31. The van der Waals surface area contributed by atoms with Gasteiger partial charge in [-0.1, -0.05) is 29.3 Å². The van der Waals surface area contributed by atoms with Crippen molar-refractivity contribution in [2.45, 2.75) is 44.7 Å². The van der Waals surface area contributed by atoms with Crippen molar-refractivity contribution < 1.29 is 5.11 Å². The maximum Gasteiger partial charge on any atom is 0.170 e. The first kappa shape index (κ1) is 24.4. The molecule has 3 aromatic rings. The molecule has 2 aliphatic rings. The lowest BCUT2D eigenvalue weighted by molar-refractivity contribution is 0.0778. The molecule has 2 aromatic carbocycles. The van der Waals surface area contributed by atoms with E-state index in [0.29, 0.717) is 34.3 Å². The second-order valence-electron chi connectivity index (χ2n) is 9.85. The number of hydrogen-bond donors (Lipinski definition) is 1. The summed E-state index contributed by atoms with van der Waals surface area (Å²) in [5, 5.41) is 26.0. The third-order valence-electron chi connectivity index (χ3n) is 7.73. The lowest BCUT2D eigenvalue weighted by Gasteiger charge is -2.42. The molecule has 35 heavy (non-hydrogen) atoms. The van der Waals surface area contributed by atoms with Crippen molar-refractivity contribution in [3.05, 3.63) is 57.7 Å². The third kappa shape index (κ3) is 4.88. The standard InChI is InChI=1S/C27H31Cl2N5O/c1-18(23-6-4-20(28)13-25(23)29)34-27-14-22(5-7-24(27)26(15-30)31-34)32-11-8-21(9-12-32)33-10-2-3-19(16-33)17-35/h4-7,13-14,18-19,21,35H,2-3,8-12,16-17H2,1H3. The second-order valence-corrected chi connectivity index (χ2v) is 10.7. The predicted octanol–water partition coefficient (Wildman–Crippen LogP) is 5.50. The number of piperidine rings is 2. The van der Waals surface area contributed by atoms with Crippen molar-refractivity contribution in [3.8, 4) is 6.07 Å². The molecule has 0 saturated carbocycles. The van der Waals surface area contributed by atoms with Crippen LogP contribution >= 0.6 is 23.2 Å². The Morgan fingerprint density at radius 3 is 2.63 bits per heavy atom. The van der Waals surface area contributed by atoms with Crippen LogP contribution in [-0.4, -0.2) is 58.6 Å². The maximum absolute atomic E-state index is 9.70. The molecule has 0 bridgehead atoms. The normalized spacial score (nSPS) is 20.8. The van der Waals surface area contributed by atoms with Gasteiger partial charge in [0, 0.05) is 53.4 Å². The Morgan fingerprint density at radius 1 is 1.11 bits per heavy atom. The highest BCUT2D eigenvalue weighted by Crippen LogP contribution is 2.34. The molecule has 6 nitrogen and oxygen atoms in total. The summed E-state index contributed by atoms with van der Waals surface area (Å²) in [5.74, 6) is 0.426. The Bertz CT molecular complexity index is 1240. The molecule has 0 aliphatic carbocycles. The van der Waals surface area contributed by atoms with E-state index in [-0.39, 0.29) is 6.04 Å². The van der Waals surface area contributed by atoms with Crippen LogP contribution in [0.1, 0.15) is 49.9 Å². The van der Waals surface area contributed by atoms with Gasteiger partial charge in [0.25, 0.3) is 0 Å². The first-order chi connectivity index (χ1) is 17.0. The van der Waals surface area contributed by atoms with Crippen LogP contribution in [0.2, 0.25) is 10.0 Å². The first-order valence-electron chi connectivity index (χ1n) is 12.5. The molecular weight excluding hydrogens is 481 g/mol. The van der Waals surface area contributed by atoms with Gasteiger partial charge in [0.1, 0.15) is 6.07 Å². The van der Waals surface area contributed by atoms with Crippen LogP contribution in [0.25, 0.3) is 10.9 Å². The van der Waals surface area contributed by atoms with Gasteiger partial charge in [-0.3, -0.25) is 9.58 Å². The molecule has 0 amide bonds. The van der Waals surface area contributed by atoms with Crippen LogP contribution in [0.15, 0.2) is 36.4 Å². The molecule has 5 rings (SSSR count). The topological polar surface area (TPSA) is 68.3 Å². The van der Waals surface area contributed by atoms with Gasteiger partial charge in [0.2, 0.25) is 0 Å². The molecule has 2 atom stereocenters. The van der Waals surface area contributed by atoms with Crippen LogP contribution in [0.5, 0.6) is 0 Å². The van der Waals surface area contributed by atoms with Crippen molar-refractivity contribution in [2.24, 2.45) is 5.92 Å². The summed E-state index contributed by atoms with van der Waals surface area (Å²) in [6.07, 6.45) is 4.57. The minimum atomic E-state index is -0.149. The molecule has 1 N–H and O–H groups in total. The predicted molar refractivity (Wildman–Crippen MR) is 141 cm³/mol. The number of nitrogens with zero attached hydrogens (tertiary/aromatic N) is 5. The number of halogens is 2. The number of benzene rings is 2. The minimum absolute atomic E-state index is 0.149. The van der Waals surface area contributed by atoms with E-state index >= 15 is 0 Å². The van der Waals surface area contributed by atoms with Crippen LogP contribution in [0, 0.1) is 17.2 Å². The summed E-state index contributed by atoms with van der Waals surface area (Å²) in [6, 6.07) is 14.5. The van der Waals surface area contributed by atoms with Crippen LogP contribution in [0.3, 0.4) is 0 Å². The summed E-state index contributed by atoms with van der Waals surface area (Å²) in [6.45, 7) is 6.50. The van der Waals surface area contributed by atoms with Crippen molar-refractivity contribution in [1.82, 2.24) is 14.7 Å². The number of aliphatic hydroxyl groups is 1. The van der Waals surface area contributed by atoms with E-state index < -0.39 is 0 Å². The molecule has 3 heterocycles. The monoisotopic (exact) mass is 511 g/mol. The third-order valence-corrected chi connectivity index (χ3v) is 8.29. The van der Waals surface area contributed by atoms with Gasteiger partial charge >= 0.3 is 0 Å². The number of likely N-dealkylation sites (tertiary alicyclic amines) is 1. The van der Waals surface area contributed by atoms with Crippen molar-refractivity contribution in [1.29, 1.82) is 5.26 Å². The molecule has 2 saturated heterocycles. The summed E-state index contributed by atoms with van der Waals surface area (Å²) in [7, 11) is 0. The van der Waals surface area contributed by atoms with Gasteiger partial charge in [-0.15, -0.1) is 0 Å². The van der Waals surface area contributed by atoms with E-state index in [1.807, 2.05) is 29.8 Å². The highest BCUT2D eigenvalue weighted by molar-refractivity contribution is 6.35.